The van der Waals surface area contributed by atoms with Crippen molar-refractivity contribution in [2.75, 3.05) is 7.05 Å². The van der Waals surface area contributed by atoms with Crippen LogP contribution < -0.4 is 0 Å². The Bertz CT molecular complexity index is 677. The second-order valence-electron chi connectivity index (χ2n) is 6.83. The van der Waals surface area contributed by atoms with Crippen LogP contribution in [0.3, 0.4) is 0 Å². The van der Waals surface area contributed by atoms with E-state index >= 15 is 0 Å². The normalized spacial score (nSPS) is 28.8. The topological polar surface area (TPSA) is 43.7 Å². The van der Waals surface area contributed by atoms with E-state index in [1.54, 1.807) is 12.2 Å². The van der Waals surface area contributed by atoms with Crippen LogP contribution in [-0.4, -0.2) is 33.6 Å². The minimum Gasteiger partial charge on any atom is -0.512 e. The van der Waals surface area contributed by atoms with Crippen LogP contribution >= 0.6 is 0 Å². The summed E-state index contributed by atoms with van der Waals surface area (Å²) in [6, 6.07) is 0. The number of hydrogen-bond donors (Lipinski definition) is 2. The van der Waals surface area contributed by atoms with Gasteiger partial charge in [0.1, 0.15) is 0 Å². The molecule has 1 saturated carbocycles. The molecule has 5 heteroatoms. The van der Waals surface area contributed by atoms with Gasteiger partial charge in [-0.1, -0.05) is 0 Å². The smallest absolute Gasteiger partial charge is 0.253 e. The SMILES string of the molecule is CN1C2=C(CCC(O)=C2)C2=C(C=C(O)CC2)C12CC(F)(F)C2. The number of aliphatic hydroxyl groups is 2. The number of alkyl halides is 2. The van der Waals surface area contributed by atoms with E-state index in [-0.39, 0.29) is 18.6 Å². The van der Waals surface area contributed by atoms with Gasteiger partial charge >= 0.3 is 0 Å². The quantitative estimate of drug-likeness (QED) is 0.707. The Morgan fingerprint density at radius 1 is 0.955 bits per heavy atom. The van der Waals surface area contributed by atoms with Crippen LogP contribution in [0, 0.1) is 0 Å². The van der Waals surface area contributed by atoms with Crippen molar-refractivity contribution in [3.8, 4) is 0 Å². The zero-order chi connectivity index (χ0) is 15.7. The molecular formula is C17H19F2NO2. The van der Waals surface area contributed by atoms with Crippen molar-refractivity contribution in [2.45, 2.75) is 50.0 Å². The van der Waals surface area contributed by atoms with Gasteiger partial charge in [-0.2, -0.15) is 0 Å². The standard InChI is InChI=1S/C17H19F2NO2/c1-20-15-7-11(22)3-5-13(15)12-4-2-10(21)6-14(12)16(20)8-17(18,19)9-16/h6-7,21-22H,2-5,8-9H2,1H3. The van der Waals surface area contributed by atoms with Gasteiger partial charge < -0.3 is 15.1 Å². The molecule has 0 amide bonds. The highest BCUT2D eigenvalue weighted by Gasteiger charge is 2.62. The maximum atomic E-state index is 13.7. The fourth-order valence-corrected chi connectivity index (χ4v) is 4.39. The molecule has 4 rings (SSSR count). The van der Waals surface area contributed by atoms with E-state index in [0.29, 0.717) is 25.0 Å². The predicted molar refractivity (Wildman–Crippen MR) is 78.6 cm³/mol. The van der Waals surface area contributed by atoms with Gasteiger partial charge in [-0.15, -0.1) is 0 Å². The Kier molecular flexibility index (Phi) is 2.61. The molecule has 0 aromatic rings. The third-order valence-electron chi connectivity index (χ3n) is 5.48. The van der Waals surface area contributed by atoms with Crippen molar-refractivity contribution in [3.05, 3.63) is 46.1 Å². The Morgan fingerprint density at radius 3 is 2.18 bits per heavy atom. The van der Waals surface area contributed by atoms with Gasteiger partial charge in [-0.3, -0.25) is 0 Å². The van der Waals surface area contributed by atoms with Gasteiger partial charge in [0.05, 0.1) is 17.1 Å². The average molecular weight is 307 g/mol. The van der Waals surface area contributed by atoms with Gasteiger partial charge in [0.25, 0.3) is 5.92 Å². The molecule has 0 atom stereocenters. The molecule has 0 aromatic carbocycles. The Balaban J connectivity index is 1.90. The van der Waals surface area contributed by atoms with Crippen LogP contribution in [-0.2, 0) is 0 Å². The van der Waals surface area contributed by atoms with E-state index in [0.717, 1.165) is 28.8 Å². The summed E-state index contributed by atoms with van der Waals surface area (Å²) in [5.74, 6) is -2.07. The van der Waals surface area contributed by atoms with Gasteiger partial charge in [0.2, 0.25) is 0 Å². The number of nitrogens with zero attached hydrogens (tertiary/aromatic N) is 1. The molecule has 22 heavy (non-hydrogen) atoms. The number of fused-ring (bicyclic) bond motifs is 2. The molecule has 0 radical (unpaired) electrons. The van der Waals surface area contributed by atoms with Gasteiger partial charge in [0, 0.05) is 38.4 Å². The molecule has 4 aliphatic rings. The summed E-state index contributed by atoms with van der Waals surface area (Å²) in [6.45, 7) is 0. The zero-order valence-corrected chi connectivity index (χ0v) is 12.5. The Labute approximate surface area is 127 Å². The molecule has 1 spiro atoms. The second-order valence-corrected chi connectivity index (χ2v) is 6.83. The number of halogens is 2. The fourth-order valence-electron chi connectivity index (χ4n) is 4.39. The van der Waals surface area contributed by atoms with E-state index in [9.17, 15) is 19.0 Å². The maximum absolute atomic E-state index is 13.7. The highest BCUT2D eigenvalue weighted by Crippen LogP contribution is 2.59. The lowest BCUT2D eigenvalue weighted by Gasteiger charge is -2.58. The first-order valence-corrected chi connectivity index (χ1v) is 7.70. The number of rotatable bonds is 0. The van der Waals surface area contributed by atoms with Crippen molar-refractivity contribution >= 4 is 0 Å². The third-order valence-corrected chi connectivity index (χ3v) is 5.48. The number of allylic oxidation sites excluding steroid dienone is 5. The molecule has 3 aliphatic carbocycles. The first kappa shape index (κ1) is 13.9. The lowest BCUT2D eigenvalue weighted by Crippen LogP contribution is -2.63. The highest BCUT2D eigenvalue weighted by molar-refractivity contribution is 5.58. The van der Waals surface area contributed by atoms with Crippen LogP contribution in [0.15, 0.2) is 46.1 Å². The number of hydrogen-bond acceptors (Lipinski definition) is 3. The fraction of sp³-hybridized carbons (Fsp3) is 0.529. The summed E-state index contributed by atoms with van der Waals surface area (Å²) in [5.41, 5.74) is 3.22. The van der Waals surface area contributed by atoms with Crippen molar-refractivity contribution in [2.24, 2.45) is 0 Å². The third kappa shape index (κ3) is 1.71. The highest BCUT2D eigenvalue weighted by atomic mass is 19.3. The molecule has 0 saturated heterocycles. The van der Waals surface area contributed by atoms with E-state index in [1.807, 2.05) is 11.9 Å². The van der Waals surface area contributed by atoms with Crippen molar-refractivity contribution in [1.82, 2.24) is 4.90 Å². The monoisotopic (exact) mass is 307 g/mol. The van der Waals surface area contributed by atoms with E-state index in [1.165, 1.54) is 0 Å². The van der Waals surface area contributed by atoms with E-state index < -0.39 is 11.5 Å². The van der Waals surface area contributed by atoms with Crippen molar-refractivity contribution in [3.63, 3.8) is 0 Å². The Hall–Kier alpha value is -1.78. The van der Waals surface area contributed by atoms with Gasteiger partial charge in [-0.25, -0.2) is 8.78 Å². The molecule has 3 nitrogen and oxygen atoms in total. The van der Waals surface area contributed by atoms with Crippen LogP contribution in [0.25, 0.3) is 0 Å². The van der Waals surface area contributed by atoms with Crippen LogP contribution in [0.2, 0.25) is 0 Å². The van der Waals surface area contributed by atoms with Crippen molar-refractivity contribution < 1.29 is 19.0 Å². The minimum atomic E-state index is -2.66. The summed E-state index contributed by atoms with van der Waals surface area (Å²) in [6.07, 6.45) is 5.51. The second kappa shape index (κ2) is 4.15. The van der Waals surface area contributed by atoms with E-state index in [4.69, 9.17) is 0 Å². The van der Waals surface area contributed by atoms with Gasteiger partial charge in [-0.05, 0) is 41.7 Å². The average Bonchev–Trinajstić information content (AvgIpc) is 2.42. The molecule has 118 valence electrons. The lowest BCUT2D eigenvalue weighted by atomic mass is 9.61. The van der Waals surface area contributed by atoms with E-state index in [2.05, 4.69) is 0 Å². The summed E-state index contributed by atoms with van der Waals surface area (Å²) in [5, 5.41) is 19.8. The molecule has 2 N–H and O–H groups in total. The maximum Gasteiger partial charge on any atom is 0.253 e. The molecule has 1 aliphatic heterocycles. The Morgan fingerprint density at radius 2 is 1.55 bits per heavy atom. The predicted octanol–water partition coefficient (Wildman–Crippen LogP) is 4.12. The van der Waals surface area contributed by atoms with Crippen LogP contribution in [0.4, 0.5) is 8.78 Å². The molecule has 1 fully saturated rings. The first-order chi connectivity index (χ1) is 10.3. The molecule has 0 unspecified atom stereocenters. The summed E-state index contributed by atoms with van der Waals surface area (Å²) < 4.78 is 27.4. The minimum absolute atomic E-state index is 0.232. The summed E-state index contributed by atoms with van der Waals surface area (Å²) >= 11 is 0. The number of aliphatic hydroxyl groups excluding tert-OH is 2. The molecule has 1 heterocycles. The first-order valence-electron chi connectivity index (χ1n) is 7.70. The lowest BCUT2D eigenvalue weighted by molar-refractivity contribution is -0.149. The summed E-state index contributed by atoms with van der Waals surface area (Å²) in [4.78, 5) is 1.89. The summed E-state index contributed by atoms with van der Waals surface area (Å²) in [7, 11) is 1.82. The van der Waals surface area contributed by atoms with Crippen LogP contribution in [0.5, 0.6) is 0 Å². The molecule has 0 aromatic heterocycles. The molecule has 0 bridgehead atoms. The largest absolute Gasteiger partial charge is 0.512 e. The van der Waals surface area contributed by atoms with Crippen LogP contribution in [0.1, 0.15) is 38.5 Å². The molecular weight excluding hydrogens is 288 g/mol. The number of likely N-dealkylation sites (N-methyl/N-ethyl adjacent to an activating group) is 1. The van der Waals surface area contributed by atoms with Gasteiger partial charge in [0.15, 0.2) is 0 Å². The zero-order valence-electron chi connectivity index (χ0n) is 12.5. The van der Waals surface area contributed by atoms with Crippen molar-refractivity contribution in [1.29, 1.82) is 0 Å².